The second-order valence-electron chi connectivity index (χ2n) is 5.88. The molecule has 5 heteroatoms. The summed E-state index contributed by atoms with van der Waals surface area (Å²) in [5.74, 6) is -1.09. The smallest absolute Gasteiger partial charge is 0.315 e. The molecule has 120 valence electrons. The van der Waals surface area contributed by atoms with Crippen LogP contribution in [0, 0.1) is 5.92 Å². The van der Waals surface area contributed by atoms with E-state index in [4.69, 9.17) is 4.74 Å². The van der Waals surface area contributed by atoms with Gasteiger partial charge in [0.1, 0.15) is 5.92 Å². The molecule has 0 N–H and O–H groups in total. The van der Waals surface area contributed by atoms with Gasteiger partial charge in [0.05, 0.1) is 6.61 Å². The van der Waals surface area contributed by atoms with Gasteiger partial charge in [0, 0.05) is 41.7 Å². The van der Waals surface area contributed by atoms with E-state index in [0.29, 0.717) is 18.6 Å². The van der Waals surface area contributed by atoms with Crippen molar-refractivity contribution in [2.75, 3.05) is 6.61 Å². The summed E-state index contributed by atoms with van der Waals surface area (Å²) in [5.41, 5.74) is 3.15. The fourth-order valence-corrected chi connectivity index (χ4v) is 3.47. The predicted molar refractivity (Wildman–Crippen MR) is 86.1 cm³/mol. The highest BCUT2D eigenvalue weighted by molar-refractivity contribution is 6.08. The number of rotatable bonds is 3. The summed E-state index contributed by atoms with van der Waals surface area (Å²) in [4.78, 5) is 33.7. The third-order valence-corrected chi connectivity index (χ3v) is 4.44. The molecule has 1 unspecified atom stereocenters. The molecular weight excluding hydrogens is 292 g/mol. The Morgan fingerprint density at radius 3 is 2.74 bits per heavy atom. The zero-order valence-corrected chi connectivity index (χ0v) is 13.4. The summed E-state index contributed by atoms with van der Waals surface area (Å²) in [5, 5.41) is 0. The van der Waals surface area contributed by atoms with Crippen LogP contribution in [0.5, 0.6) is 0 Å². The van der Waals surface area contributed by atoms with Crippen LogP contribution in [0.3, 0.4) is 0 Å². The van der Waals surface area contributed by atoms with Crippen LogP contribution < -0.4 is 0 Å². The van der Waals surface area contributed by atoms with Gasteiger partial charge in [-0.05, 0) is 44.4 Å². The van der Waals surface area contributed by atoms with E-state index in [-0.39, 0.29) is 17.7 Å². The van der Waals surface area contributed by atoms with Crippen LogP contribution >= 0.6 is 0 Å². The van der Waals surface area contributed by atoms with E-state index < -0.39 is 5.92 Å². The van der Waals surface area contributed by atoms with Crippen molar-refractivity contribution in [2.45, 2.75) is 39.0 Å². The van der Waals surface area contributed by atoms with E-state index in [9.17, 15) is 9.59 Å². The molecule has 0 amide bonds. The topological polar surface area (TPSA) is 68.6 Å². The van der Waals surface area contributed by atoms with Crippen LogP contribution in [0.2, 0.25) is 0 Å². The Hall–Kier alpha value is -2.30. The molecule has 0 fully saturated rings. The van der Waals surface area contributed by atoms with E-state index in [2.05, 4.69) is 9.98 Å². The van der Waals surface area contributed by atoms with Gasteiger partial charge in [-0.25, -0.2) is 0 Å². The third kappa shape index (κ3) is 2.83. The fourth-order valence-electron chi connectivity index (χ4n) is 3.47. The average molecular weight is 312 g/mol. The molecule has 1 aromatic heterocycles. The summed E-state index contributed by atoms with van der Waals surface area (Å²) in [6.07, 6.45) is 5.50. The zero-order chi connectivity index (χ0) is 16.4. The van der Waals surface area contributed by atoms with Crippen molar-refractivity contribution in [3.8, 4) is 0 Å². The van der Waals surface area contributed by atoms with Crippen LogP contribution in [0.25, 0.3) is 0 Å². The van der Waals surface area contributed by atoms with Crippen LogP contribution in [-0.2, 0) is 14.3 Å². The minimum Gasteiger partial charge on any atom is -0.465 e. The monoisotopic (exact) mass is 312 g/mol. The number of Topliss-reactive ketones (excluding diaryl/α,β-unsaturated/α-hetero) is 1. The molecule has 1 aromatic rings. The second-order valence-corrected chi connectivity index (χ2v) is 5.88. The van der Waals surface area contributed by atoms with Gasteiger partial charge in [0.15, 0.2) is 5.78 Å². The van der Waals surface area contributed by atoms with Gasteiger partial charge >= 0.3 is 5.97 Å². The first-order valence-electron chi connectivity index (χ1n) is 8.01. The van der Waals surface area contributed by atoms with Crippen molar-refractivity contribution in [3.63, 3.8) is 0 Å². The minimum absolute atomic E-state index is 0.0959. The van der Waals surface area contributed by atoms with Gasteiger partial charge in [-0.2, -0.15) is 0 Å². The highest BCUT2D eigenvalue weighted by atomic mass is 16.5. The molecule has 0 aromatic carbocycles. The Balaban J connectivity index is 2.13. The third-order valence-electron chi connectivity index (χ3n) is 4.44. The molecule has 1 aliphatic carbocycles. The van der Waals surface area contributed by atoms with Gasteiger partial charge in [0.2, 0.25) is 0 Å². The van der Waals surface area contributed by atoms with Crippen LogP contribution in [0.4, 0.5) is 0 Å². The Morgan fingerprint density at radius 2 is 2.04 bits per heavy atom. The first-order valence-corrected chi connectivity index (χ1v) is 8.01. The number of hydrogen-bond acceptors (Lipinski definition) is 5. The van der Waals surface area contributed by atoms with Gasteiger partial charge in [-0.1, -0.05) is 0 Å². The molecule has 0 saturated heterocycles. The number of ether oxygens (including phenoxy) is 1. The number of carbonyl (C=O) groups is 2. The Kier molecular flexibility index (Phi) is 4.37. The first-order chi connectivity index (χ1) is 11.1. The van der Waals surface area contributed by atoms with E-state index in [1.54, 1.807) is 19.3 Å². The maximum Gasteiger partial charge on any atom is 0.315 e. The molecular formula is C18H20N2O3. The molecule has 1 aliphatic heterocycles. The number of hydrogen-bond donors (Lipinski definition) is 0. The highest BCUT2D eigenvalue weighted by Gasteiger charge is 2.42. The van der Waals surface area contributed by atoms with Crippen molar-refractivity contribution < 1.29 is 14.3 Å². The second kappa shape index (κ2) is 6.44. The quantitative estimate of drug-likeness (QED) is 0.805. The minimum atomic E-state index is -0.543. The summed E-state index contributed by atoms with van der Waals surface area (Å²) in [6.45, 7) is 3.94. The Morgan fingerprint density at radius 1 is 1.30 bits per heavy atom. The van der Waals surface area contributed by atoms with Gasteiger partial charge < -0.3 is 4.74 Å². The zero-order valence-electron chi connectivity index (χ0n) is 13.4. The van der Waals surface area contributed by atoms with Crippen molar-refractivity contribution in [3.05, 3.63) is 41.4 Å². The van der Waals surface area contributed by atoms with E-state index in [0.717, 1.165) is 29.8 Å². The molecule has 0 spiro atoms. The van der Waals surface area contributed by atoms with Crippen LogP contribution in [0.15, 0.2) is 40.8 Å². The van der Waals surface area contributed by atoms with E-state index in [1.165, 1.54) is 0 Å². The van der Waals surface area contributed by atoms with E-state index >= 15 is 0 Å². The number of pyridine rings is 1. The van der Waals surface area contributed by atoms with Gasteiger partial charge in [-0.15, -0.1) is 0 Å². The number of aliphatic imine (C=N–C) groups is 1. The number of allylic oxidation sites excluding steroid dienone is 2. The average Bonchev–Trinajstić information content (AvgIpc) is 2.54. The number of esters is 1. The maximum atomic E-state index is 12.6. The highest BCUT2D eigenvalue weighted by Crippen LogP contribution is 2.43. The normalized spacial score (nSPS) is 24.1. The van der Waals surface area contributed by atoms with Crippen molar-refractivity contribution in [2.24, 2.45) is 10.9 Å². The fraction of sp³-hybridized carbons (Fsp3) is 0.444. The van der Waals surface area contributed by atoms with E-state index in [1.807, 2.05) is 19.1 Å². The molecule has 0 saturated carbocycles. The summed E-state index contributed by atoms with van der Waals surface area (Å²) in [7, 11) is 0. The number of ketones is 1. The molecule has 2 heterocycles. The van der Waals surface area contributed by atoms with Crippen molar-refractivity contribution >= 4 is 17.5 Å². The van der Waals surface area contributed by atoms with Gasteiger partial charge in [-0.3, -0.25) is 19.6 Å². The van der Waals surface area contributed by atoms with Gasteiger partial charge in [0.25, 0.3) is 0 Å². The Labute approximate surface area is 135 Å². The molecule has 23 heavy (non-hydrogen) atoms. The summed E-state index contributed by atoms with van der Waals surface area (Å²) >= 11 is 0. The molecule has 2 aliphatic rings. The lowest BCUT2D eigenvalue weighted by atomic mass is 9.72. The molecule has 5 nitrogen and oxygen atoms in total. The maximum absolute atomic E-state index is 12.6. The standard InChI is InChI=1S/C18H20N2O3/c1-3-23-18(22)15-11(2)20-13-5-4-6-14(21)17(13)16(15)12-7-9-19-10-8-12/h7-10,15-16H,3-6H2,1-2H3/t15?,16-/m0/s1. The molecule has 2 atom stereocenters. The number of carbonyl (C=O) groups excluding carboxylic acids is 2. The molecule has 0 bridgehead atoms. The SMILES string of the molecule is CCOC(=O)C1C(C)=NC2=C(C(=O)CCC2)[C@H]1c1ccncc1. The lowest BCUT2D eigenvalue weighted by molar-refractivity contribution is -0.146. The largest absolute Gasteiger partial charge is 0.465 e. The van der Waals surface area contributed by atoms with Crippen LogP contribution in [-0.4, -0.2) is 29.1 Å². The van der Waals surface area contributed by atoms with Crippen molar-refractivity contribution in [1.29, 1.82) is 0 Å². The summed E-state index contributed by atoms with van der Waals surface area (Å²) in [6, 6.07) is 3.73. The number of nitrogens with zero attached hydrogens (tertiary/aromatic N) is 2. The lowest BCUT2D eigenvalue weighted by Crippen LogP contribution is -2.37. The lowest BCUT2D eigenvalue weighted by Gasteiger charge is -2.34. The molecule has 0 radical (unpaired) electrons. The van der Waals surface area contributed by atoms with Crippen molar-refractivity contribution in [1.82, 2.24) is 4.98 Å². The number of aromatic nitrogens is 1. The first kappa shape index (κ1) is 15.6. The molecule has 3 rings (SSSR count). The predicted octanol–water partition coefficient (Wildman–Crippen LogP) is 2.83. The Bertz CT molecular complexity index is 691. The van der Waals surface area contributed by atoms with Crippen LogP contribution in [0.1, 0.15) is 44.6 Å². The summed E-state index contributed by atoms with van der Waals surface area (Å²) < 4.78 is 5.25.